The lowest BCUT2D eigenvalue weighted by Gasteiger charge is -2.37. The van der Waals surface area contributed by atoms with Gasteiger partial charge in [0.2, 0.25) is 5.91 Å². The van der Waals surface area contributed by atoms with Crippen LogP contribution in [0.3, 0.4) is 0 Å². The van der Waals surface area contributed by atoms with Crippen LogP contribution in [0.4, 0.5) is 13.2 Å². The van der Waals surface area contributed by atoms with Crippen molar-refractivity contribution in [1.29, 1.82) is 0 Å². The molecule has 1 heterocycles. The summed E-state index contributed by atoms with van der Waals surface area (Å²) in [5.74, 6) is -0.494. The predicted octanol–water partition coefficient (Wildman–Crippen LogP) is 1.49. The minimum absolute atomic E-state index is 0.268. The monoisotopic (exact) mass is 238 g/mol. The molecule has 16 heavy (non-hydrogen) atoms. The molecule has 0 atom stereocenters. The Labute approximate surface area is 93.2 Å². The molecule has 0 spiro atoms. The maximum Gasteiger partial charge on any atom is 0.406 e. The Morgan fingerprint density at radius 3 is 2.25 bits per heavy atom. The number of piperidine rings is 1. The second-order valence-corrected chi connectivity index (χ2v) is 4.30. The van der Waals surface area contributed by atoms with Crippen LogP contribution in [0.25, 0.3) is 0 Å². The van der Waals surface area contributed by atoms with Crippen LogP contribution in [-0.2, 0) is 4.79 Å². The number of halogens is 3. The van der Waals surface area contributed by atoms with Gasteiger partial charge in [-0.05, 0) is 33.0 Å². The van der Waals surface area contributed by atoms with Crippen molar-refractivity contribution in [3.05, 3.63) is 0 Å². The second kappa shape index (κ2) is 5.03. The average Bonchev–Trinajstić information content (AvgIpc) is 2.14. The van der Waals surface area contributed by atoms with E-state index in [0.29, 0.717) is 12.8 Å². The third-order valence-electron chi connectivity index (χ3n) is 2.88. The number of nitrogens with zero attached hydrogens (tertiary/aromatic N) is 2. The Balaban J connectivity index is 2.60. The molecule has 0 radical (unpaired) electrons. The van der Waals surface area contributed by atoms with Crippen molar-refractivity contribution in [2.45, 2.75) is 32.0 Å². The number of alkyl halides is 3. The van der Waals surface area contributed by atoms with E-state index < -0.39 is 18.6 Å². The third-order valence-corrected chi connectivity index (χ3v) is 2.88. The molecule has 0 unspecified atom stereocenters. The zero-order valence-corrected chi connectivity index (χ0v) is 9.55. The normalized spacial score (nSPS) is 19.8. The molecule has 0 aliphatic carbocycles. The molecule has 0 N–H and O–H groups in total. The van der Waals surface area contributed by atoms with Gasteiger partial charge in [0.05, 0.1) is 0 Å². The van der Waals surface area contributed by atoms with Crippen molar-refractivity contribution in [1.82, 2.24) is 9.80 Å². The van der Waals surface area contributed by atoms with E-state index >= 15 is 0 Å². The van der Waals surface area contributed by atoms with Crippen LogP contribution < -0.4 is 0 Å². The Hall–Kier alpha value is -0.780. The molecule has 1 saturated heterocycles. The molecule has 1 rings (SSSR count). The van der Waals surface area contributed by atoms with Gasteiger partial charge in [-0.1, -0.05) is 0 Å². The predicted molar refractivity (Wildman–Crippen MR) is 54.0 cm³/mol. The molecule has 94 valence electrons. The highest BCUT2D eigenvalue weighted by Gasteiger charge is 2.36. The molecule has 3 nitrogen and oxygen atoms in total. The fraction of sp³-hybridized carbons (Fsp3) is 0.900. The molecule has 0 saturated carbocycles. The maximum absolute atomic E-state index is 12.3. The highest BCUT2D eigenvalue weighted by molar-refractivity contribution is 5.73. The average molecular weight is 238 g/mol. The highest BCUT2D eigenvalue weighted by atomic mass is 19.4. The number of hydrogen-bond donors (Lipinski definition) is 0. The molecule has 1 aliphatic rings. The fourth-order valence-corrected chi connectivity index (χ4v) is 2.00. The van der Waals surface area contributed by atoms with Crippen molar-refractivity contribution < 1.29 is 18.0 Å². The second-order valence-electron chi connectivity index (χ2n) is 4.30. The number of rotatable bonds is 2. The number of hydrogen-bond acceptors (Lipinski definition) is 2. The molecule has 0 aromatic rings. The van der Waals surface area contributed by atoms with E-state index in [9.17, 15) is 18.0 Å². The Bertz CT molecular complexity index is 247. The summed E-state index contributed by atoms with van der Waals surface area (Å²) in [5, 5.41) is 0. The first-order valence-electron chi connectivity index (χ1n) is 5.32. The minimum atomic E-state index is -4.31. The van der Waals surface area contributed by atoms with Crippen molar-refractivity contribution in [3.8, 4) is 0 Å². The van der Waals surface area contributed by atoms with Gasteiger partial charge in [0.15, 0.2) is 0 Å². The lowest BCUT2D eigenvalue weighted by Crippen LogP contribution is -2.49. The highest BCUT2D eigenvalue weighted by Crippen LogP contribution is 2.22. The summed E-state index contributed by atoms with van der Waals surface area (Å²) in [7, 11) is 1.93. The largest absolute Gasteiger partial charge is 0.406 e. The molecule has 0 aromatic carbocycles. The standard InChI is InChI=1S/C10H17F3N2O/c1-8(16)15(7-10(11,12)13)9-3-5-14(2)6-4-9/h9H,3-7H2,1-2H3. The number of carbonyl (C=O) groups is 1. The van der Waals surface area contributed by atoms with Gasteiger partial charge >= 0.3 is 6.18 Å². The molecular weight excluding hydrogens is 221 g/mol. The van der Waals surface area contributed by atoms with Crippen molar-refractivity contribution >= 4 is 5.91 Å². The van der Waals surface area contributed by atoms with Gasteiger partial charge in [0.25, 0.3) is 0 Å². The van der Waals surface area contributed by atoms with Gasteiger partial charge < -0.3 is 9.80 Å². The van der Waals surface area contributed by atoms with Crippen molar-refractivity contribution in [3.63, 3.8) is 0 Å². The van der Waals surface area contributed by atoms with Crippen LogP contribution in [-0.4, -0.2) is 54.6 Å². The number of amides is 1. The SMILES string of the molecule is CC(=O)N(CC(F)(F)F)C1CCN(C)CC1. The van der Waals surface area contributed by atoms with Crippen LogP contribution in [0.15, 0.2) is 0 Å². The first-order valence-corrected chi connectivity index (χ1v) is 5.32. The summed E-state index contributed by atoms with van der Waals surface area (Å²) in [6.45, 7) is 1.55. The van der Waals surface area contributed by atoms with Crippen molar-refractivity contribution in [2.24, 2.45) is 0 Å². The molecular formula is C10H17F3N2O. The van der Waals surface area contributed by atoms with Gasteiger partial charge in [0, 0.05) is 13.0 Å². The smallest absolute Gasteiger partial charge is 0.331 e. The zero-order valence-electron chi connectivity index (χ0n) is 9.55. The van der Waals surface area contributed by atoms with Crippen LogP contribution >= 0.6 is 0 Å². The van der Waals surface area contributed by atoms with Gasteiger partial charge in [-0.25, -0.2) is 0 Å². The number of likely N-dealkylation sites (tertiary alicyclic amines) is 1. The van der Waals surface area contributed by atoms with Gasteiger partial charge in [-0.3, -0.25) is 4.79 Å². The quantitative estimate of drug-likeness (QED) is 0.727. The molecule has 0 aromatic heterocycles. The van der Waals surface area contributed by atoms with Gasteiger partial charge in [0.1, 0.15) is 6.54 Å². The topological polar surface area (TPSA) is 23.6 Å². The lowest BCUT2D eigenvalue weighted by molar-refractivity contribution is -0.166. The van der Waals surface area contributed by atoms with E-state index in [4.69, 9.17) is 0 Å². The summed E-state index contributed by atoms with van der Waals surface area (Å²) in [4.78, 5) is 14.2. The van der Waals surface area contributed by atoms with E-state index in [2.05, 4.69) is 4.90 Å². The van der Waals surface area contributed by atoms with E-state index in [1.54, 1.807) is 0 Å². The van der Waals surface area contributed by atoms with Crippen LogP contribution in [0.2, 0.25) is 0 Å². The summed E-state index contributed by atoms with van der Waals surface area (Å²) in [5.41, 5.74) is 0. The summed E-state index contributed by atoms with van der Waals surface area (Å²) in [6, 6.07) is -0.268. The first kappa shape index (κ1) is 13.3. The summed E-state index contributed by atoms with van der Waals surface area (Å²) < 4.78 is 36.9. The molecule has 6 heteroatoms. The first-order chi connectivity index (χ1) is 7.29. The third kappa shape index (κ3) is 4.00. The van der Waals surface area contributed by atoms with Gasteiger partial charge in [-0.15, -0.1) is 0 Å². The van der Waals surface area contributed by atoms with Crippen LogP contribution in [0, 0.1) is 0 Å². The fourth-order valence-electron chi connectivity index (χ4n) is 2.00. The zero-order chi connectivity index (χ0) is 12.3. The molecule has 1 amide bonds. The Morgan fingerprint density at radius 1 is 1.38 bits per heavy atom. The van der Waals surface area contributed by atoms with Gasteiger partial charge in [-0.2, -0.15) is 13.2 Å². The van der Waals surface area contributed by atoms with Crippen LogP contribution in [0.1, 0.15) is 19.8 Å². The number of carbonyl (C=O) groups excluding carboxylic acids is 1. The molecule has 0 bridgehead atoms. The van der Waals surface area contributed by atoms with E-state index in [1.165, 1.54) is 6.92 Å². The van der Waals surface area contributed by atoms with E-state index in [-0.39, 0.29) is 6.04 Å². The molecule has 1 aliphatic heterocycles. The van der Waals surface area contributed by atoms with Crippen LogP contribution in [0.5, 0.6) is 0 Å². The minimum Gasteiger partial charge on any atom is -0.331 e. The lowest BCUT2D eigenvalue weighted by atomic mass is 10.0. The Morgan fingerprint density at radius 2 is 1.88 bits per heavy atom. The maximum atomic E-state index is 12.3. The Kier molecular flexibility index (Phi) is 4.18. The summed E-state index contributed by atoms with van der Waals surface area (Å²) in [6.07, 6.45) is -3.08. The van der Waals surface area contributed by atoms with E-state index in [1.807, 2.05) is 7.05 Å². The van der Waals surface area contributed by atoms with Crippen molar-refractivity contribution in [2.75, 3.05) is 26.7 Å². The molecule has 1 fully saturated rings. The van der Waals surface area contributed by atoms with E-state index in [0.717, 1.165) is 18.0 Å². The summed E-state index contributed by atoms with van der Waals surface area (Å²) >= 11 is 0.